The zero-order valence-electron chi connectivity index (χ0n) is 22.8. The molecule has 218 valence electrons. The average molecular weight is 604 g/mol. The summed E-state index contributed by atoms with van der Waals surface area (Å²) in [5.41, 5.74) is 0.760. The van der Waals surface area contributed by atoms with Crippen molar-refractivity contribution in [3.05, 3.63) is 83.1 Å². The lowest BCUT2D eigenvalue weighted by molar-refractivity contribution is -0.139. The van der Waals surface area contributed by atoms with Crippen LogP contribution in [-0.2, 0) is 26.2 Å². The topological polar surface area (TPSA) is 105 Å². The van der Waals surface area contributed by atoms with E-state index in [9.17, 15) is 22.4 Å². The molecule has 0 spiro atoms. The molecule has 0 saturated heterocycles. The standard InChI is InChI=1S/C29H31ClFN3O6S/c1-19(2)32-29(36)20(3)33(17-21-4-6-22(30)7-5-21)28(35)18-34(24-10-8-23(31)9-11-24)41(37,38)25-12-13-26-27(16-25)40-15-14-39-26/h4-13,16,19-20H,14-15,17-18H2,1-3H3,(H,32,36)/t20-/m0/s1. The summed E-state index contributed by atoms with van der Waals surface area (Å²) in [6, 6.07) is 14.6. The van der Waals surface area contributed by atoms with Gasteiger partial charge in [0.05, 0.1) is 10.6 Å². The molecule has 12 heteroatoms. The van der Waals surface area contributed by atoms with Crippen LogP contribution < -0.4 is 19.1 Å². The van der Waals surface area contributed by atoms with Crippen LogP contribution in [0.25, 0.3) is 0 Å². The predicted octanol–water partition coefficient (Wildman–Crippen LogP) is 4.39. The van der Waals surface area contributed by atoms with Crippen LogP contribution in [0.1, 0.15) is 26.3 Å². The van der Waals surface area contributed by atoms with Gasteiger partial charge < -0.3 is 19.7 Å². The molecule has 1 aliphatic heterocycles. The number of hydrogen-bond donors (Lipinski definition) is 1. The molecule has 0 bridgehead atoms. The summed E-state index contributed by atoms with van der Waals surface area (Å²) in [5, 5.41) is 3.30. The lowest BCUT2D eigenvalue weighted by Crippen LogP contribution is -2.52. The number of sulfonamides is 1. The maximum Gasteiger partial charge on any atom is 0.264 e. The van der Waals surface area contributed by atoms with Gasteiger partial charge in [0, 0.05) is 23.7 Å². The Morgan fingerprint density at radius 3 is 2.22 bits per heavy atom. The number of carbonyl (C=O) groups excluding carboxylic acids is 2. The van der Waals surface area contributed by atoms with E-state index in [1.54, 1.807) is 45.0 Å². The molecular weight excluding hydrogens is 573 g/mol. The van der Waals surface area contributed by atoms with Crippen LogP contribution in [0.3, 0.4) is 0 Å². The highest BCUT2D eigenvalue weighted by Crippen LogP contribution is 2.34. The number of rotatable bonds is 10. The van der Waals surface area contributed by atoms with Crippen LogP contribution in [0.2, 0.25) is 5.02 Å². The second-order valence-electron chi connectivity index (χ2n) is 9.78. The Morgan fingerprint density at radius 2 is 1.59 bits per heavy atom. The SMILES string of the molecule is CC(C)NC(=O)[C@H](C)N(Cc1ccc(Cl)cc1)C(=O)CN(c1ccc(F)cc1)S(=O)(=O)c1ccc2c(c1)OCCO2. The molecular formula is C29H31ClFN3O6S. The van der Waals surface area contributed by atoms with Gasteiger partial charge in [-0.1, -0.05) is 23.7 Å². The van der Waals surface area contributed by atoms with Crippen LogP contribution in [0.15, 0.2) is 71.6 Å². The van der Waals surface area contributed by atoms with Gasteiger partial charge in [-0.2, -0.15) is 0 Å². The second kappa shape index (κ2) is 12.8. The molecule has 2 amide bonds. The fraction of sp³-hybridized carbons (Fsp3) is 0.310. The first kappa shape index (κ1) is 30.1. The summed E-state index contributed by atoms with van der Waals surface area (Å²) >= 11 is 6.02. The Bertz CT molecular complexity index is 1500. The maximum absolute atomic E-state index is 14.0. The van der Waals surface area contributed by atoms with Crippen molar-refractivity contribution < 1.29 is 31.9 Å². The number of fused-ring (bicyclic) bond motifs is 1. The van der Waals surface area contributed by atoms with Crippen molar-refractivity contribution in [2.24, 2.45) is 0 Å². The molecule has 0 radical (unpaired) electrons. The van der Waals surface area contributed by atoms with E-state index in [0.717, 1.165) is 16.4 Å². The second-order valence-corrected chi connectivity index (χ2v) is 12.1. The zero-order valence-corrected chi connectivity index (χ0v) is 24.4. The summed E-state index contributed by atoms with van der Waals surface area (Å²) in [4.78, 5) is 28.0. The number of hydrogen-bond acceptors (Lipinski definition) is 6. The first-order valence-corrected chi connectivity index (χ1v) is 14.8. The largest absolute Gasteiger partial charge is 0.486 e. The molecule has 1 heterocycles. The lowest BCUT2D eigenvalue weighted by Gasteiger charge is -2.32. The van der Waals surface area contributed by atoms with Gasteiger partial charge in [-0.15, -0.1) is 0 Å². The molecule has 0 fully saturated rings. The smallest absolute Gasteiger partial charge is 0.264 e. The van der Waals surface area contributed by atoms with Gasteiger partial charge in [0.25, 0.3) is 10.0 Å². The van der Waals surface area contributed by atoms with E-state index < -0.39 is 40.2 Å². The monoisotopic (exact) mass is 603 g/mol. The fourth-order valence-electron chi connectivity index (χ4n) is 4.22. The van der Waals surface area contributed by atoms with E-state index in [4.69, 9.17) is 21.1 Å². The summed E-state index contributed by atoms with van der Waals surface area (Å²) in [5.74, 6) is -0.952. The van der Waals surface area contributed by atoms with Crippen molar-refractivity contribution in [1.82, 2.24) is 10.2 Å². The van der Waals surface area contributed by atoms with Gasteiger partial charge in [0.2, 0.25) is 11.8 Å². The first-order chi connectivity index (χ1) is 19.5. The van der Waals surface area contributed by atoms with Crippen molar-refractivity contribution in [3.8, 4) is 11.5 Å². The fourth-order valence-corrected chi connectivity index (χ4v) is 5.78. The molecule has 4 rings (SSSR count). The minimum atomic E-state index is -4.36. The summed E-state index contributed by atoms with van der Waals surface area (Å²) in [6.45, 7) is 5.12. The Labute approximate surface area is 243 Å². The van der Waals surface area contributed by atoms with E-state index in [1.807, 2.05) is 0 Å². The third-order valence-electron chi connectivity index (χ3n) is 6.36. The molecule has 9 nitrogen and oxygen atoms in total. The third kappa shape index (κ3) is 7.28. The van der Waals surface area contributed by atoms with E-state index in [-0.39, 0.29) is 35.5 Å². The van der Waals surface area contributed by atoms with Crippen LogP contribution in [-0.4, -0.2) is 57.0 Å². The molecule has 3 aromatic carbocycles. The van der Waals surface area contributed by atoms with Gasteiger partial charge in [-0.05, 0) is 74.9 Å². The Balaban J connectivity index is 1.72. The number of amides is 2. The lowest BCUT2D eigenvalue weighted by atomic mass is 10.1. The molecule has 41 heavy (non-hydrogen) atoms. The molecule has 0 saturated carbocycles. The number of halogens is 2. The maximum atomic E-state index is 14.0. The van der Waals surface area contributed by atoms with E-state index >= 15 is 0 Å². The van der Waals surface area contributed by atoms with Crippen LogP contribution >= 0.6 is 11.6 Å². The van der Waals surface area contributed by atoms with Crippen molar-refractivity contribution in [1.29, 1.82) is 0 Å². The number of anilines is 1. The molecule has 3 aromatic rings. The van der Waals surface area contributed by atoms with Crippen LogP contribution in [0.5, 0.6) is 11.5 Å². The molecule has 0 aromatic heterocycles. The average Bonchev–Trinajstić information content (AvgIpc) is 2.95. The highest BCUT2D eigenvalue weighted by molar-refractivity contribution is 7.92. The van der Waals surface area contributed by atoms with E-state index in [2.05, 4.69) is 5.32 Å². The van der Waals surface area contributed by atoms with E-state index in [0.29, 0.717) is 22.9 Å². The molecule has 0 unspecified atom stereocenters. The quantitative estimate of drug-likeness (QED) is 0.369. The number of carbonyl (C=O) groups is 2. The summed E-state index contributed by atoms with van der Waals surface area (Å²) in [7, 11) is -4.36. The third-order valence-corrected chi connectivity index (χ3v) is 8.38. The van der Waals surface area contributed by atoms with Crippen molar-refractivity contribution >= 4 is 39.1 Å². The Morgan fingerprint density at radius 1 is 0.951 bits per heavy atom. The molecule has 1 aliphatic rings. The van der Waals surface area contributed by atoms with Gasteiger partial charge >= 0.3 is 0 Å². The number of nitrogens with zero attached hydrogens (tertiary/aromatic N) is 2. The normalized spacial score (nSPS) is 13.4. The summed E-state index contributed by atoms with van der Waals surface area (Å²) < 4.78 is 53.7. The molecule has 1 N–H and O–H groups in total. The van der Waals surface area contributed by atoms with Crippen molar-refractivity contribution in [2.75, 3.05) is 24.1 Å². The minimum absolute atomic E-state index is 0.0179. The molecule has 0 aliphatic carbocycles. The number of benzene rings is 3. The van der Waals surface area contributed by atoms with Crippen molar-refractivity contribution in [3.63, 3.8) is 0 Å². The number of nitrogens with one attached hydrogen (secondary N) is 1. The summed E-state index contributed by atoms with van der Waals surface area (Å²) in [6.07, 6.45) is 0. The van der Waals surface area contributed by atoms with Gasteiger partial charge in [0.15, 0.2) is 11.5 Å². The van der Waals surface area contributed by atoms with Crippen molar-refractivity contribution in [2.45, 2.75) is 44.3 Å². The Hall–Kier alpha value is -3.83. The first-order valence-electron chi connectivity index (χ1n) is 13.0. The Kier molecular flexibility index (Phi) is 9.39. The van der Waals surface area contributed by atoms with Gasteiger partial charge in [-0.3, -0.25) is 13.9 Å². The highest BCUT2D eigenvalue weighted by Gasteiger charge is 2.33. The van der Waals surface area contributed by atoms with E-state index in [1.165, 1.54) is 35.2 Å². The molecule has 1 atom stereocenters. The number of ether oxygens (including phenoxy) is 2. The minimum Gasteiger partial charge on any atom is -0.486 e. The van der Waals surface area contributed by atoms with Crippen LogP contribution in [0, 0.1) is 5.82 Å². The highest BCUT2D eigenvalue weighted by atomic mass is 35.5. The zero-order chi connectivity index (χ0) is 29.7. The van der Waals surface area contributed by atoms with Gasteiger partial charge in [0.1, 0.15) is 31.6 Å². The predicted molar refractivity (Wildman–Crippen MR) is 153 cm³/mol. The van der Waals surface area contributed by atoms with Gasteiger partial charge in [-0.25, -0.2) is 12.8 Å². The van der Waals surface area contributed by atoms with Crippen LogP contribution in [0.4, 0.5) is 10.1 Å².